The van der Waals surface area contributed by atoms with E-state index in [9.17, 15) is 0 Å². The number of hydrogen-bond acceptors (Lipinski definition) is 2. The van der Waals surface area contributed by atoms with Crippen molar-refractivity contribution >= 4 is 11.6 Å². The number of ether oxygens (including phenoxy) is 1. The summed E-state index contributed by atoms with van der Waals surface area (Å²) in [6.07, 6.45) is 0.898. The van der Waals surface area contributed by atoms with Crippen molar-refractivity contribution in [2.45, 2.75) is 33.7 Å². The molecular weight excluding hydrogens is 282 g/mol. The summed E-state index contributed by atoms with van der Waals surface area (Å²) in [7, 11) is 0. The molecule has 0 radical (unpaired) electrons. The molecule has 0 aliphatic rings. The zero-order chi connectivity index (χ0) is 15.2. The molecule has 2 rings (SSSR count). The minimum absolute atomic E-state index is 0.794. The molecular formula is C18H22ClNO. The third-order valence-corrected chi connectivity index (χ3v) is 3.83. The van der Waals surface area contributed by atoms with Crippen molar-refractivity contribution in [3.8, 4) is 11.5 Å². The highest BCUT2D eigenvalue weighted by Gasteiger charge is 2.06. The smallest absolute Gasteiger partial charge is 0.130 e. The molecule has 0 amide bonds. The molecule has 0 aliphatic heterocycles. The summed E-state index contributed by atoms with van der Waals surface area (Å²) in [6, 6.07) is 12.1. The maximum atomic E-state index is 6.15. The SMILES string of the molecule is CCNCc1ccc(C)c(Oc2ccc(Cl)c(CC)c2)c1. The van der Waals surface area contributed by atoms with E-state index in [1.807, 2.05) is 18.2 Å². The first-order valence-electron chi connectivity index (χ1n) is 7.40. The monoisotopic (exact) mass is 303 g/mol. The standard InChI is InChI=1S/C18H22ClNO/c1-4-15-11-16(8-9-17(15)19)21-18-10-14(12-20-5-2)7-6-13(18)3/h6-11,20H,4-5,12H2,1-3H3. The topological polar surface area (TPSA) is 21.3 Å². The molecule has 3 heteroatoms. The molecule has 0 saturated heterocycles. The molecule has 0 atom stereocenters. The zero-order valence-corrected chi connectivity index (χ0v) is 13.6. The Morgan fingerprint density at radius 1 is 1.10 bits per heavy atom. The van der Waals surface area contributed by atoms with Crippen LogP contribution in [0.4, 0.5) is 0 Å². The van der Waals surface area contributed by atoms with Gasteiger partial charge >= 0.3 is 0 Å². The van der Waals surface area contributed by atoms with E-state index in [-0.39, 0.29) is 0 Å². The summed E-state index contributed by atoms with van der Waals surface area (Å²) in [6.45, 7) is 8.07. The number of benzene rings is 2. The van der Waals surface area contributed by atoms with Crippen LogP contribution in [-0.2, 0) is 13.0 Å². The Kier molecular flexibility index (Phi) is 5.66. The van der Waals surface area contributed by atoms with Crippen molar-refractivity contribution in [3.63, 3.8) is 0 Å². The van der Waals surface area contributed by atoms with Gasteiger partial charge < -0.3 is 10.1 Å². The van der Waals surface area contributed by atoms with Crippen LogP contribution in [-0.4, -0.2) is 6.54 Å². The van der Waals surface area contributed by atoms with E-state index in [1.54, 1.807) is 0 Å². The summed E-state index contributed by atoms with van der Waals surface area (Å²) in [5.41, 5.74) is 3.46. The lowest BCUT2D eigenvalue weighted by Crippen LogP contribution is -2.11. The van der Waals surface area contributed by atoms with Crippen molar-refractivity contribution in [3.05, 3.63) is 58.1 Å². The first-order valence-corrected chi connectivity index (χ1v) is 7.78. The van der Waals surface area contributed by atoms with Crippen LogP contribution in [0.2, 0.25) is 5.02 Å². The largest absolute Gasteiger partial charge is 0.457 e. The van der Waals surface area contributed by atoms with Crippen molar-refractivity contribution in [1.82, 2.24) is 5.32 Å². The van der Waals surface area contributed by atoms with E-state index in [0.29, 0.717) is 0 Å². The van der Waals surface area contributed by atoms with Crippen LogP contribution in [0.3, 0.4) is 0 Å². The van der Waals surface area contributed by atoms with Crippen molar-refractivity contribution < 1.29 is 4.74 Å². The van der Waals surface area contributed by atoms with Crippen LogP contribution in [0.25, 0.3) is 0 Å². The van der Waals surface area contributed by atoms with E-state index >= 15 is 0 Å². The van der Waals surface area contributed by atoms with Gasteiger partial charge in [0, 0.05) is 11.6 Å². The fraction of sp³-hybridized carbons (Fsp3) is 0.333. The maximum absolute atomic E-state index is 6.15. The molecule has 1 N–H and O–H groups in total. The minimum atomic E-state index is 0.794. The number of halogens is 1. The first-order chi connectivity index (χ1) is 10.1. The van der Waals surface area contributed by atoms with Crippen LogP contribution in [0.15, 0.2) is 36.4 Å². The van der Waals surface area contributed by atoms with Gasteiger partial charge in [0.2, 0.25) is 0 Å². The predicted molar refractivity (Wildman–Crippen MR) is 89.5 cm³/mol. The normalized spacial score (nSPS) is 10.7. The summed E-state index contributed by atoms with van der Waals surface area (Å²) < 4.78 is 6.04. The molecule has 0 saturated carbocycles. The van der Waals surface area contributed by atoms with Crippen molar-refractivity contribution in [2.75, 3.05) is 6.54 Å². The summed E-state index contributed by atoms with van der Waals surface area (Å²) in [5.74, 6) is 1.73. The average molecular weight is 304 g/mol. The lowest BCUT2D eigenvalue weighted by molar-refractivity contribution is 0.477. The lowest BCUT2D eigenvalue weighted by Gasteiger charge is -2.12. The highest BCUT2D eigenvalue weighted by atomic mass is 35.5. The fourth-order valence-corrected chi connectivity index (χ4v) is 2.40. The maximum Gasteiger partial charge on any atom is 0.130 e. The van der Waals surface area contributed by atoms with Crippen LogP contribution in [0.1, 0.15) is 30.5 Å². The molecule has 0 aromatic heterocycles. The van der Waals surface area contributed by atoms with Gasteiger partial charge in [-0.1, -0.05) is 37.6 Å². The second kappa shape index (κ2) is 7.48. The van der Waals surface area contributed by atoms with E-state index in [0.717, 1.165) is 47.2 Å². The summed E-state index contributed by atoms with van der Waals surface area (Å²) in [5, 5.41) is 4.12. The zero-order valence-electron chi connectivity index (χ0n) is 12.9. The minimum Gasteiger partial charge on any atom is -0.457 e. The fourth-order valence-electron chi connectivity index (χ4n) is 2.15. The third-order valence-electron chi connectivity index (χ3n) is 3.46. The van der Waals surface area contributed by atoms with Gasteiger partial charge in [-0.3, -0.25) is 0 Å². The van der Waals surface area contributed by atoms with Gasteiger partial charge in [0.05, 0.1) is 0 Å². The van der Waals surface area contributed by atoms with Gasteiger partial charge in [-0.25, -0.2) is 0 Å². The van der Waals surface area contributed by atoms with Crippen LogP contribution < -0.4 is 10.1 Å². The Hall–Kier alpha value is -1.51. The number of hydrogen-bond donors (Lipinski definition) is 1. The van der Waals surface area contributed by atoms with Gasteiger partial charge in [0.15, 0.2) is 0 Å². The van der Waals surface area contributed by atoms with E-state index in [1.165, 1.54) is 5.56 Å². The van der Waals surface area contributed by atoms with E-state index in [4.69, 9.17) is 16.3 Å². The molecule has 112 valence electrons. The van der Waals surface area contributed by atoms with Gasteiger partial charge in [-0.05, 0) is 60.8 Å². The first kappa shape index (κ1) is 15.9. The Morgan fingerprint density at radius 3 is 2.62 bits per heavy atom. The average Bonchev–Trinajstić information content (AvgIpc) is 2.50. The quantitative estimate of drug-likeness (QED) is 0.800. The Labute approximate surface area is 132 Å². The Balaban J connectivity index is 2.22. The number of aryl methyl sites for hydroxylation is 2. The summed E-state index contributed by atoms with van der Waals surface area (Å²) in [4.78, 5) is 0. The van der Waals surface area contributed by atoms with Crippen LogP contribution in [0, 0.1) is 6.92 Å². The molecule has 0 unspecified atom stereocenters. The lowest BCUT2D eigenvalue weighted by atomic mass is 10.1. The molecule has 2 nitrogen and oxygen atoms in total. The van der Waals surface area contributed by atoms with Gasteiger partial charge in [0.1, 0.15) is 11.5 Å². The van der Waals surface area contributed by atoms with E-state index < -0.39 is 0 Å². The molecule has 2 aromatic carbocycles. The van der Waals surface area contributed by atoms with Crippen molar-refractivity contribution in [1.29, 1.82) is 0 Å². The number of nitrogens with one attached hydrogen (secondary N) is 1. The van der Waals surface area contributed by atoms with Crippen LogP contribution in [0.5, 0.6) is 11.5 Å². The summed E-state index contributed by atoms with van der Waals surface area (Å²) >= 11 is 6.15. The van der Waals surface area contributed by atoms with Gasteiger partial charge in [-0.2, -0.15) is 0 Å². The van der Waals surface area contributed by atoms with E-state index in [2.05, 4.69) is 44.3 Å². The van der Waals surface area contributed by atoms with Crippen LogP contribution >= 0.6 is 11.6 Å². The highest BCUT2D eigenvalue weighted by Crippen LogP contribution is 2.29. The second-order valence-corrected chi connectivity index (χ2v) is 5.50. The Bertz CT molecular complexity index is 610. The second-order valence-electron chi connectivity index (χ2n) is 5.09. The van der Waals surface area contributed by atoms with Gasteiger partial charge in [-0.15, -0.1) is 0 Å². The molecule has 0 heterocycles. The third kappa shape index (κ3) is 4.23. The molecule has 0 bridgehead atoms. The molecule has 21 heavy (non-hydrogen) atoms. The number of rotatable bonds is 6. The molecule has 2 aromatic rings. The Morgan fingerprint density at radius 2 is 1.90 bits per heavy atom. The molecule has 0 spiro atoms. The molecule has 0 fully saturated rings. The van der Waals surface area contributed by atoms with Crippen molar-refractivity contribution in [2.24, 2.45) is 0 Å². The predicted octanol–water partition coefficient (Wildman–Crippen LogP) is 5.11. The van der Waals surface area contributed by atoms with Gasteiger partial charge in [0.25, 0.3) is 0 Å². The highest BCUT2D eigenvalue weighted by molar-refractivity contribution is 6.31. The molecule has 0 aliphatic carbocycles.